The minimum absolute atomic E-state index is 0.275. The smallest absolute Gasteiger partial charge is 0.132 e. The molecule has 4 aromatic rings. The third kappa shape index (κ3) is 3.17. The highest BCUT2D eigenvalue weighted by Crippen LogP contribution is 2.38. The Hall–Kier alpha value is -2.52. The Morgan fingerprint density at radius 2 is 1.30 bits per heavy atom. The Balaban J connectivity index is 1.97. The lowest BCUT2D eigenvalue weighted by atomic mass is 9.88. The summed E-state index contributed by atoms with van der Waals surface area (Å²) in [5.41, 5.74) is 4.47. The third-order valence-electron chi connectivity index (χ3n) is 5.00. The first-order valence-electron chi connectivity index (χ1n) is 8.70. The van der Waals surface area contributed by atoms with Crippen molar-refractivity contribution in [3.05, 3.63) is 94.0 Å². The van der Waals surface area contributed by atoms with Crippen LogP contribution < -0.4 is 0 Å². The predicted octanol–water partition coefficient (Wildman–Crippen LogP) is 7.83. The Morgan fingerprint density at radius 3 is 2.00 bits per heavy atom. The van der Waals surface area contributed by atoms with Gasteiger partial charge in [-0.2, -0.15) is 0 Å². The molecule has 134 valence electrons. The summed E-state index contributed by atoms with van der Waals surface area (Å²) in [6.07, 6.45) is 0. The fourth-order valence-corrected chi connectivity index (χ4v) is 4.00. The first-order valence-corrected chi connectivity index (χ1v) is 9.49. The zero-order chi connectivity index (χ0) is 19.1. The van der Waals surface area contributed by atoms with E-state index in [-0.39, 0.29) is 11.6 Å². The molecular formula is C24H17BrF2. The molecule has 4 rings (SSSR count). The van der Waals surface area contributed by atoms with E-state index in [1.807, 2.05) is 62.4 Å². The van der Waals surface area contributed by atoms with Gasteiger partial charge in [0.15, 0.2) is 0 Å². The van der Waals surface area contributed by atoms with Gasteiger partial charge >= 0.3 is 0 Å². The average molecular weight is 423 g/mol. The van der Waals surface area contributed by atoms with Crippen molar-refractivity contribution in [2.75, 3.05) is 0 Å². The van der Waals surface area contributed by atoms with E-state index < -0.39 is 0 Å². The summed E-state index contributed by atoms with van der Waals surface area (Å²) in [5, 5.41) is 1.84. The van der Waals surface area contributed by atoms with Crippen LogP contribution >= 0.6 is 15.9 Å². The molecule has 0 atom stereocenters. The molecule has 0 spiro atoms. The number of fused-ring (bicyclic) bond motifs is 1. The molecule has 4 aromatic carbocycles. The predicted molar refractivity (Wildman–Crippen MR) is 112 cm³/mol. The minimum atomic E-state index is -0.299. The van der Waals surface area contributed by atoms with Crippen LogP contribution in [-0.4, -0.2) is 0 Å². The summed E-state index contributed by atoms with van der Waals surface area (Å²) in [6, 6.07) is 20.0. The van der Waals surface area contributed by atoms with Gasteiger partial charge in [0, 0.05) is 15.6 Å². The first kappa shape index (κ1) is 17.9. The van der Waals surface area contributed by atoms with E-state index >= 15 is 0 Å². The maximum atomic E-state index is 14.9. The van der Waals surface area contributed by atoms with Gasteiger partial charge in [0.1, 0.15) is 11.6 Å². The zero-order valence-electron chi connectivity index (χ0n) is 15.0. The number of halogens is 3. The van der Waals surface area contributed by atoms with E-state index in [0.29, 0.717) is 15.6 Å². The van der Waals surface area contributed by atoms with Crippen molar-refractivity contribution in [2.45, 2.75) is 13.8 Å². The summed E-state index contributed by atoms with van der Waals surface area (Å²) in [4.78, 5) is 0. The van der Waals surface area contributed by atoms with Crippen LogP contribution in [0.1, 0.15) is 11.1 Å². The summed E-state index contributed by atoms with van der Waals surface area (Å²) < 4.78 is 30.2. The van der Waals surface area contributed by atoms with Crippen LogP contribution in [0.2, 0.25) is 0 Å². The van der Waals surface area contributed by atoms with Gasteiger partial charge in [-0.1, -0.05) is 58.4 Å². The molecule has 0 radical (unpaired) electrons. The number of hydrogen-bond acceptors (Lipinski definition) is 0. The maximum Gasteiger partial charge on any atom is 0.132 e. The van der Waals surface area contributed by atoms with Gasteiger partial charge in [-0.3, -0.25) is 0 Å². The number of hydrogen-bond donors (Lipinski definition) is 0. The van der Waals surface area contributed by atoms with Crippen LogP contribution in [0.25, 0.3) is 33.0 Å². The highest BCUT2D eigenvalue weighted by molar-refractivity contribution is 9.10. The van der Waals surface area contributed by atoms with Gasteiger partial charge < -0.3 is 0 Å². The van der Waals surface area contributed by atoms with Gasteiger partial charge in [0.2, 0.25) is 0 Å². The Bertz CT molecular complexity index is 1180. The molecule has 27 heavy (non-hydrogen) atoms. The van der Waals surface area contributed by atoms with E-state index in [2.05, 4.69) is 15.9 Å². The van der Waals surface area contributed by atoms with Crippen molar-refractivity contribution in [3.63, 3.8) is 0 Å². The van der Waals surface area contributed by atoms with Crippen LogP contribution in [-0.2, 0) is 0 Å². The monoisotopic (exact) mass is 422 g/mol. The lowest BCUT2D eigenvalue weighted by Crippen LogP contribution is -1.96. The number of aryl methyl sites for hydroxylation is 1. The lowest BCUT2D eigenvalue weighted by Gasteiger charge is -2.17. The molecule has 0 nitrogen and oxygen atoms in total. The second kappa shape index (κ2) is 6.90. The molecule has 0 N–H and O–H groups in total. The first-order chi connectivity index (χ1) is 13.0. The summed E-state index contributed by atoms with van der Waals surface area (Å²) in [5.74, 6) is -0.574. The van der Waals surface area contributed by atoms with Crippen LogP contribution in [0.4, 0.5) is 8.78 Å². The van der Waals surface area contributed by atoms with Crippen LogP contribution in [0.15, 0.2) is 71.2 Å². The average Bonchev–Trinajstić information content (AvgIpc) is 2.63. The molecule has 0 saturated carbocycles. The molecule has 0 heterocycles. The van der Waals surface area contributed by atoms with Gasteiger partial charge in [-0.25, -0.2) is 8.78 Å². The van der Waals surface area contributed by atoms with Crippen molar-refractivity contribution in [3.8, 4) is 22.3 Å². The molecule has 0 bridgehead atoms. The van der Waals surface area contributed by atoms with Gasteiger partial charge in [0.05, 0.1) is 0 Å². The molecule has 0 fully saturated rings. The Labute approximate surface area is 165 Å². The second-order valence-corrected chi connectivity index (χ2v) is 7.65. The van der Waals surface area contributed by atoms with Crippen LogP contribution in [0.3, 0.4) is 0 Å². The van der Waals surface area contributed by atoms with Gasteiger partial charge in [-0.05, 0) is 71.1 Å². The van der Waals surface area contributed by atoms with Gasteiger partial charge in [0.25, 0.3) is 0 Å². The highest BCUT2D eigenvalue weighted by Gasteiger charge is 2.17. The number of benzene rings is 4. The van der Waals surface area contributed by atoms with Crippen molar-refractivity contribution < 1.29 is 8.78 Å². The summed E-state index contributed by atoms with van der Waals surface area (Å²) in [7, 11) is 0. The molecule has 3 heteroatoms. The van der Waals surface area contributed by atoms with E-state index in [9.17, 15) is 8.78 Å². The minimum Gasteiger partial charge on any atom is -0.206 e. The summed E-state index contributed by atoms with van der Waals surface area (Å²) in [6.45, 7) is 3.87. The maximum absolute atomic E-state index is 14.9. The zero-order valence-corrected chi connectivity index (χ0v) is 16.6. The fraction of sp³-hybridized carbons (Fsp3) is 0.0833. The van der Waals surface area contributed by atoms with Crippen molar-refractivity contribution in [1.29, 1.82) is 0 Å². The Morgan fingerprint density at radius 1 is 0.667 bits per heavy atom. The fourth-order valence-electron chi connectivity index (χ4n) is 3.66. The molecule has 0 aliphatic heterocycles. The number of rotatable bonds is 2. The van der Waals surface area contributed by atoms with Crippen molar-refractivity contribution in [1.82, 2.24) is 0 Å². The van der Waals surface area contributed by atoms with E-state index in [1.54, 1.807) is 12.1 Å². The lowest BCUT2D eigenvalue weighted by molar-refractivity contribution is 0.630. The standard InChI is InChI=1S/C24H17BrF2/c1-14-7-9-19(15(2)24(14)20-10-8-18(25)13-23(20)27)21-11-16-5-3-4-6-17(16)12-22(21)26/h3-13H,1-2H3. The summed E-state index contributed by atoms with van der Waals surface area (Å²) >= 11 is 3.30. The third-order valence-corrected chi connectivity index (χ3v) is 5.49. The second-order valence-electron chi connectivity index (χ2n) is 6.73. The van der Waals surface area contributed by atoms with E-state index in [4.69, 9.17) is 0 Å². The molecular weight excluding hydrogens is 406 g/mol. The molecule has 0 aromatic heterocycles. The van der Waals surface area contributed by atoms with Crippen molar-refractivity contribution >= 4 is 26.7 Å². The molecule has 0 unspecified atom stereocenters. The molecule has 0 amide bonds. The largest absolute Gasteiger partial charge is 0.206 e. The van der Waals surface area contributed by atoms with Crippen molar-refractivity contribution in [2.24, 2.45) is 0 Å². The SMILES string of the molecule is Cc1ccc(-c2cc3ccccc3cc2F)c(C)c1-c1ccc(Br)cc1F. The van der Waals surface area contributed by atoms with Crippen LogP contribution in [0.5, 0.6) is 0 Å². The van der Waals surface area contributed by atoms with E-state index in [1.165, 1.54) is 6.07 Å². The normalized spacial score (nSPS) is 11.1. The molecule has 0 aliphatic carbocycles. The highest BCUT2D eigenvalue weighted by atomic mass is 79.9. The van der Waals surface area contributed by atoms with Crippen LogP contribution in [0, 0.1) is 25.5 Å². The Kier molecular flexibility index (Phi) is 4.56. The topological polar surface area (TPSA) is 0 Å². The van der Waals surface area contributed by atoms with Gasteiger partial charge in [-0.15, -0.1) is 0 Å². The molecule has 0 saturated heterocycles. The quantitative estimate of drug-likeness (QED) is 0.308. The van der Waals surface area contributed by atoms with E-state index in [0.717, 1.165) is 33.0 Å². The molecule has 0 aliphatic rings.